The van der Waals surface area contributed by atoms with Crippen molar-refractivity contribution >= 4 is 17.9 Å². The first-order chi connectivity index (χ1) is 6.40. The number of ether oxygens (including phenoxy) is 1. The SMILES string of the molecule is COC(=O)CC(C(=O)O)C(C)C(=O)O. The third kappa shape index (κ3) is 3.42. The van der Waals surface area contributed by atoms with Crippen LogP contribution in [0.15, 0.2) is 0 Å². The zero-order valence-electron chi connectivity index (χ0n) is 7.89. The summed E-state index contributed by atoms with van der Waals surface area (Å²) < 4.78 is 4.27. The van der Waals surface area contributed by atoms with Gasteiger partial charge < -0.3 is 14.9 Å². The van der Waals surface area contributed by atoms with E-state index in [0.29, 0.717) is 0 Å². The molecule has 2 atom stereocenters. The maximum absolute atomic E-state index is 10.8. The first-order valence-electron chi connectivity index (χ1n) is 3.92. The maximum Gasteiger partial charge on any atom is 0.307 e. The van der Waals surface area contributed by atoms with Crippen molar-refractivity contribution in [3.63, 3.8) is 0 Å². The fourth-order valence-electron chi connectivity index (χ4n) is 0.913. The van der Waals surface area contributed by atoms with Crippen LogP contribution in [0.4, 0.5) is 0 Å². The first-order valence-corrected chi connectivity index (χ1v) is 3.92. The van der Waals surface area contributed by atoms with Crippen molar-refractivity contribution in [1.82, 2.24) is 0 Å². The van der Waals surface area contributed by atoms with E-state index in [1.54, 1.807) is 0 Å². The Balaban J connectivity index is 4.52. The van der Waals surface area contributed by atoms with Gasteiger partial charge in [-0.05, 0) is 0 Å². The molecule has 2 unspecified atom stereocenters. The van der Waals surface area contributed by atoms with E-state index in [-0.39, 0.29) is 0 Å². The molecule has 0 spiro atoms. The summed E-state index contributed by atoms with van der Waals surface area (Å²) in [5.74, 6) is -5.66. The van der Waals surface area contributed by atoms with E-state index in [1.165, 1.54) is 6.92 Å². The summed E-state index contributed by atoms with van der Waals surface area (Å²) >= 11 is 0. The summed E-state index contributed by atoms with van der Waals surface area (Å²) in [7, 11) is 1.12. The van der Waals surface area contributed by atoms with E-state index in [2.05, 4.69) is 4.74 Å². The highest BCUT2D eigenvalue weighted by molar-refractivity contribution is 5.84. The lowest BCUT2D eigenvalue weighted by Gasteiger charge is -2.14. The number of aliphatic carboxylic acids is 2. The van der Waals surface area contributed by atoms with E-state index in [4.69, 9.17) is 10.2 Å². The number of carboxylic acid groups (broad SMARTS) is 2. The van der Waals surface area contributed by atoms with Gasteiger partial charge in [0, 0.05) is 0 Å². The van der Waals surface area contributed by atoms with Crippen LogP contribution in [0.5, 0.6) is 0 Å². The third-order valence-corrected chi connectivity index (χ3v) is 1.92. The fraction of sp³-hybridized carbons (Fsp3) is 0.625. The summed E-state index contributed by atoms with van der Waals surface area (Å²) in [6.07, 6.45) is -0.431. The number of esters is 1. The van der Waals surface area contributed by atoms with Crippen molar-refractivity contribution < 1.29 is 29.3 Å². The molecule has 0 saturated carbocycles. The van der Waals surface area contributed by atoms with Crippen molar-refractivity contribution in [2.75, 3.05) is 7.11 Å². The molecule has 80 valence electrons. The van der Waals surface area contributed by atoms with Gasteiger partial charge >= 0.3 is 17.9 Å². The summed E-state index contributed by atoms with van der Waals surface area (Å²) in [5, 5.41) is 17.2. The fourth-order valence-corrected chi connectivity index (χ4v) is 0.913. The zero-order valence-corrected chi connectivity index (χ0v) is 7.89. The lowest BCUT2D eigenvalue weighted by Crippen LogP contribution is -2.30. The molecular formula is C8H12O6. The Kier molecular flexibility index (Phi) is 4.62. The number of carbonyl (C=O) groups excluding carboxylic acids is 1. The van der Waals surface area contributed by atoms with Gasteiger partial charge in [-0.2, -0.15) is 0 Å². The van der Waals surface area contributed by atoms with Gasteiger partial charge in [0.25, 0.3) is 0 Å². The summed E-state index contributed by atoms with van der Waals surface area (Å²) in [6, 6.07) is 0. The van der Waals surface area contributed by atoms with Gasteiger partial charge in [-0.3, -0.25) is 14.4 Å². The molecule has 0 radical (unpaired) electrons. The molecule has 0 aliphatic carbocycles. The number of methoxy groups -OCH3 is 1. The Morgan fingerprint density at radius 1 is 1.21 bits per heavy atom. The molecule has 0 aromatic rings. The van der Waals surface area contributed by atoms with Crippen LogP contribution in [-0.4, -0.2) is 35.2 Å². The van der Waals surface area contributed by atoms with Crippen molar-refractivity contribution in [1.29, 1.82) is 0 Å². The normalized spacial score (nSPS) is 14.1. The topological polar surface area (TPSA) is 101 Å². The van der Waals surface area contributed by atoms with Gasteiger partial charge in [0.05, 0.1) is 25.4 Å². The third-order valence-electron chi connectivity index (χ3n) is 1.92. The standard InChI is InChI=1S/C8H12O6/c1-4(7(10)11)5(8(12)13)3-6(9)14-2/h4-5H,3H2,1-2H3,(H,10,11)(H,12,13). The summed E-state index contributed by atoms with van der Waals surface area (Å²) in [6.45, 7) is 1.24. The van der Waals surface area contributed by atoms with Gasteiger partial charge in [0.15, 0.2) is 0 Å². The van der Waals surface area contributed by atoms with E-state index in [9.17, 15) is 14.4 Å². The Hall–Kier alpha value is -1.59. The average Bonchev–Trinajstić information content (AvgIpc) is 2.11. The average molecular weight is 204 g/mol. The molecule has 0 heterocycles. The Bertz CT molecular complexity index is 246. The largest absolute Gasteiger partial charge is 0.481 e. The molecule has 0 saturated heterocycles. The van der Waals surface area contributed by atoms with E-state index < -0.39 is 36.2 Å². The number of carboxylic acids is 2. The predicted molar refractivity (Wildman–Crippen MR) is 44.6 cm³/mol. The Morgan fingerprint density at radius 2 is 1.71 bits per heavy atom. The van der Waals surface area contributed by atoms with E-state index in [0.717, 1.165) is 7.11 Å². The highest BCUT2D eigenvalue weighted by Gasteiger charge is 2.32. The number of carbonyl (C=O) groups is 3. The lowest BCUT2D eigenvalue weighted by molar-refractivity contribution is -0.157. The molecule has 6 nitrogen and oxygen atoms in total. The summed E-state index contributed by atoms with van der Waals surface area (Å²) in [5.41, 5.74) is 0. The predicted octanol–water partition coefficient (Wildman–Crippen LogP) is -0.0290. The lowest BCUT2D eigenvalue weighted by atomic mass is 9.91. The van der Waals surface area contributed by atoms with Crippen LogP contribution in [0.3, 0.4) is 0 Å². The molecule has 0 aromatic carbocycles. The van der Waals surface area contributed by atoms with Crippen molar-refractivity contribution in [3.05, 3.63) is 0 Å². The van der Waals surface area contributed by atoms with Crippen LogP contribution in [0.1, 0.15) is 13.3 Å². The molecule has 2 N–H and O–H groups in total. The first kappa shape index (κ1) is 12.4. The Morgan fingerprint density at radius 3 is 2.00 bits per heavy atom. The van der Waals surface area contributed by atoms with Crippen LogP contribution in [-0.2, 0) is 19.1 Å². The van der Waals surface area contributed by atoms with Gasteiger partial charge in [-0.1, -0.05) is 6.92 Å². The number of hydrogen-bond acceptors (Lipinski definition) is 4. The molecule has 6 heteroatoms. The van der Waals surface area contributed by atoms with Crippen LogP contribution in [0, 0.1) is 11.8 Å². The number of rotatable bonds is 5. The van der Waals surface area contributed by atoms with Gasteiger partial charge in [-0.25, -0.2) is 0 Å². The van der Waals surface area contributed by atoms with Crippen LogP contribution in [0.25, 0.3) is 0 Å². The zero-order chi connectivity index (χ0) is 11.3. The molecule has 0 aliphatic heterocycles. The molecular weight excluding hydrogens is 192 g/mol. The van der Waals surface area contributed by atoms with Crippen molar-refractivity contribution in [3.8, 4) is 0 Å². The molecule has 0 fully saturated rings. The van der Waals surface area contributed by atoms with E-state index >= 15 is 0 Å². The van der Waals surface area contributed by atoms with E-state index in [1.807, 2.05) is 0 Å². The van der Waals surface area contributed by atoms with Crippen LogP contribution >= 0.6 is 0 Å². The minimum atomic E-state index is -1.31. The molecule has 0 rings (SSSR count). The van der Waals surface area contributed by atoms with Crippen LogP contribution < -0.4 is 0 Å². The van der Waals surface area contributed by atoms with Gasteiger partial charge in [0.2, 0.25) is 0 Å². The van der Waals surface area contributed by atoms with Gasteiger partial charge in [0.1, 0.15) is 0 Å². The second kappa shape index (κ2) is 5.21. The molecule has 14 heavy (non-hydrogen) atoms. The molecule has 0 amide bonds. The maximum atomic E-state index is 10.8. The monoisotopic (exact) mass is 204 g/mol. The number of hydrogen-bond donors (Lipinski definition) is 2. The van der Waals surface area contributed by atoms with Crippen molar-refractivity contribution in [2.24, 2.45) is 11.8 Å². The second-order valence-electron chi connectivity index (χ2n) is 2.85. The van der Waals surface area contributed by atoms with Crippen LogP contribution in [0.2, 0.25) is 0 Å². The molecule has 0 aliphatic rings. The minimum Gasteiger partial charge on any atom is -0.481 e. The highest BCUT2D eigenvalue weighted by Crippen LogP contribution is 2.17. The minimum absolute atomic E-state index is 0.431. The molecule has 0 aromatic heterocycles. The smallest absolute Gasteiger partial charge is 0.307 e. The van der Waals surface area contributed by atoms with Gasteiger partial charge in [-0.15, -0.1) is 0 Å². The highest BCUT2D eigenvalue weighted by atomic mass is 16.5. The van der Waals surface area contributed by atoms with Crippen molar-refractivity contribution in [2.45, 2.75) is 13.3 Å². The Labute approximate surface area is 80.5 Å². The quantitative estimate of drug-likeness (QED) is 0.610. The second-order valence-corrected chi connectivity index (χ2v) is 2.85. The molecule has 0 bridgehead atoms. The summed E-state index contributed by atoms with van der Waals surface area (Å²) in [4.78, 5) is 31.9.